The fourth-order valence-corrected chi connectivity index (χ4v) is 4.32. The molecule has 0 fully saturated rings. The monoisotopic (exact) mass is 488 g/mol. The van der Waals surface area contributed by atoms with Gasteiger partial charge in [-0.2, -0.15) is 8.78 Å². The van der Waals surface area contributed by atoms with Gasteiger partial charge in [0, 0.05) is 6.54 Å². The molecule has 9 nitrogen and oxygen atoms in total. The largest absolute Gasteiger partial charge is 0.435 e. The summed E-state index contributed by atoms with van der Waals surface area (Å²) in [5.41, 5.74) is 1.09. The van der Waals surface area contributed by atoms with E-state index in [1.54, 1.807) is 12.1 Å². The van der Waals surface area contributed by atoms with Crippen molar-refractivity contribution in [1.82, 2.24) is 15.3 Å². The van der Waals surface area contributed by atoms with Crippen molar-refractivity contribution in [3.8, 4) is 5.75 Å². The Morgan fingerprint density at radius 3 is 2.41 bits per heavy atom. The Morgan fingerprint density at radius 2 is 1.68 bits per heavy atom. The van der Waals surface area contributed by atoms with Gasteiger partial charge in [0.1, 0.15) is 5.75 Å². The Morgan fingerprint density at radius 1 is 0.971 bits per heavy atom. The number of nitrogens with one attached hydrogen (secondary N) is 4. The van der Waals surface area contributed by atoms with E-state index in [4.69, 9.17) is 0 Å². The molecule has 0 atom stereocenters. The fourth-order valence-electron chi connectivity index (χ4n) is 3.22. The number of benzene rings is 3. The standard InChI is InChI=1S/C22H18F2N4O5S/c23-21(24)33-14-7-5-13(6-8-14)12-25-20(29)16-3-1-2-4-17(16)28-34(31,32)15-9-10-18-19(11-15)27-22(30)26-18/h1-11,21,28H,12H2,(H,25,29)(H2,26,27,30). The molecule has 4 N–H and O–H groups in total. The number of carbonyl (C=O) groups excluding carboxylic acids is 1. The molecule has 1 amide bonds. The maximum atomic E-state index is 12.9. The van der Waals surface area contributed by atoms with Crippen LogP contribution in [0.15, 0.2) is 76.4 Å². The predicted molar refractivity (Wildman–Crippen MR) is 120 cm³/mol. The number of aromatic amines is 2. The number of para-hydroxylation sites is 1. The molecule has 0 aliphatic heterocycles. The maximum absolute atomic E-state index is 12.9. The number of anilines is 1. The average molecular weight is 488 g/mol. The van der Waals surface area contributed by atoms with Crippen LogP contribution in [-0.4, -0.2) is 30.9 Å². The first kappa shape index (κ1) is 23.0. The second kappa shape index (κ2) is 9.35. The van der Waals surface area contributed by atoms with Crippen molar-refractivity contribution >= 4 is 32.7 Å². The summed E-state index contributed by atoms with van der Waals surface area (Å²) in [5.74, 6) is -0.552. The van der Waals surface area contributed by atoms with Crippen molar-refractivity contribution < 1.29 is 26.7 Å². The van der Waals surface area contributed by atoms with Gasteiger partial charge in [0.25, 0.3) is 15.9 Å². The molecule has 0 spiro atoms. The average Bonchev–Trinajstić information content (AvgIpc) is 3.17. The third kappa shape index (κ3) is 5.23. The molecule has 0 aliphatic rings. The van der Waals surface area contributed by atoms with Crippen LogP contribution < -0.4 is 20.5 Å². The molecule has 0 saturated heterocycles. The highest BCUT2D eigenvalue weighted by molar-refractivity contribution is 7.92. The van der Waals surface area contributed by atoms with Crippen molar-refractivity contribution in [2.75, 3.05) is 4.72 Å². The van der Waals surface area contributed by atoms with Crippen LogP contribution in [0.4, 0.5) is 14.5 Å². The molecule has 4 aromatic rings. The van der Waals surface area contributed by atoms with Gasteiger partial charge in [0.05, 0.1) is 27.2 Å². The van der Waals surface area contributed by atoms with Crippen molar-refractivity contribution in [2.24, 2.45) is 0 Å². The molecule has 0 saturated carbocycles. The number of hydrogen-bond donors (Lipinski definition) is 4. The number of hydrogen-bond acceptors (Lipinski definition) is 5. The Labute approximate surface area is 191 Å². The number of ether oxygens (including phenoxy) is 1. The number of H-pyrrole nitrogens is 2. The summed E-state index contributed by atoms with van der Waals surface area (Å²) in [5, 5.41) is 2.66. The number of aromatic nitrogens is 2. The van der Waals surface area contributed by atoms with Gasteiger partial charge in [-0.25, -0.2) is 13.2 Å². The van der Waals surface area contributed by atoms with Crippen LogP contribution in [-0.2, 0) is 16.6 Å². The number of alkyl halides is 2. The van der Waals surface area contributed by atoms with Crippen LogP contribution in [0, 0.1) is 0 Å². The minimum atomic E-state index is -4.07. The van der Waals surface area contributed by atoms with Gasteiger partial charge in [-0.15, -0.1) is 0 Å². The number of imidazole rings is 1. The molecule has 12 heteroatoms. The first-order valence-corrected chi connectivity index (χ1v) is 11.4. The Balaban J connectivity index is 1.49. The van der Waals surface area contributed by atoms with Gasteiger partial charge < -0.3 is 20.0 Å². The highest BCUT2D eigenvalue weighted by atomic mass is 32.2. The summed E-state index contributed by atoms with van der Waals surface area (Å²) in [6.07, 6.45) is 0. The van der Waals surface area contributed by atoms with E-state index in [0.29, 0.717) is 16.6 Å². The van der Waals surface area contributed by atoms with E-state index >= 15 is 0 Å². The fraction of sp³-hybridized carbons (Fsp3) is 0.0909. The summed E-state index contributed by atoms with van der Waals surface area (Å²) in [6, 6.07) is 15.9. The van der Waals surface area contributed by atoms with E-state index in [-0.39, 0.29) is 28.4 Å². The first-order valence-electron chi connectivity index (χ1n) is 9.87. The van der Waals surface area contributed by atoms with E-state index in [0.717, 1.165) is 0 Å². The van der Waals surface area contributed by atoms with Crippen molar-refractivity contribution in [1.29, 1.82) is 0 Å². The lowest BCUT2D eigenvalue weighted by Gasteiger charge is -2.13. The minimum Gasteiger partial charge on any atom is -0.435 e. The molecule has 0 aliphatic carbocycles. The minimum absolute atomic E-state index is 0.00766. The van der Waals surface area contributed by atoms with Crippen LogP contribution in [0.1, 0.15) is 15.9 Å². The predicted octanol–water partition coefficient (Wildman–Crippen LogP) is 3.19. The lowest BCUT2D eigenvalue weighted by molar-refractivity contribution is -0.0498. The topological polar surface area (TPSA) is 133 Å². The zero-order valence-electron chi connectivity index (χ0n) is 17.3. The highest BCUT2D eigenvalue weighted by Crippen LogP contribution is 2.22. The van der Waals surface area contributed by atoms with Gasteiger partial charge in [-0.3, -0.25) is 9.52 Å². The summed E-state index contributed by atoms with van der Waals surface area (Å²) < 4.78 is 57.0. The number of fused-ring (bicyclic) bond motifs is 1. The Bertz CT molecular complexity index is 1500. The molecule has 1 heterocycles. The van der Waals surface area contributed by atoms with Gasteiger partial charge in [0.15, 0.2) is 0 Å². The lowest BCUT2D eigenvalue weighted by atomic mass is 10.1. The maximum Gasteiger partial charge on any atom is 0.387 e. The molecule has 3 aromatic carbocycles. The first-order chi connectivity index (χ1) is 16.2. The van der Waals surface area contributed by atoms with Gasteiger partial charge in [0.2, 0.25) is 0 Å². The molecule has 0 radical (unpaired) electrons. The number of halogens is 2. The Hall–Kier alpha value is -4.19. The van der Waals surface area contributed by atoms with Crippen LogP contribution in [0.2, 0.25) is 0 Å². The molecule has 0 unspecified atom stereocenters. The quantitative estimate of drug-likeness (QED) is 0.302. The molecular weight excluding hydrogens is 470 g/mol. The SMILES string of the molecule is O=C(NCc1ccc(OC(F)F)cc1)c1ccccc1NS(=O)(=O)c1ccc2[nH]c(=O)[nH]c2c1. The summed E-state index contributed by atoms with van der Waals surface area (Å²) >= 11 is 0. The van der Waals surface area contributed by atoms with Crippen molar-refractivity contribution in [3.63, 3.8) is 0 Å². The molecule has 4 rings (SSSR count). The van der Waals surface area contributed by atoms with Crippen molar-refractivity contribution in [3.05, 3.63) is 88.3 Å². The van der Waals surface area contributed by atoms with E-state index in [9.17, 15) is 26.8 Å². The smallest absolute Gasteiger partial charge is 0.387 e. The van der Waals surface area contributed by atoms with Gasteiger partial charge in [-0.05, 0) is 48.0 Å². The second-order valence-electron chi connectivity index (χ2n) is 7.14. The Kier molecular flexibility index (Phi) is 6.32. The highest BCUT2D eigenvalue weighted by Gasteiger charge is 2.19. The zero-order valence-corrected chi connectivity index (χ0v) is 18.2. The van der Waals surface area contributed by atoms with Crippen LogP contribution in [0.5, 0.6) is 5.75 Å². The van der Waals surface area contributed by atoms with E-state index in [2.05, 4.69) is 24.7 Å². The van der Waals surface area contributed by atoms with Crippen LogP contribution >= 0.6 is 0 Å². The van der Waals surface area contributed by atoms with E-state index in [1.165, 1.54) is 54.6 Å². The normalized spacial score (nSPS) is 11.5. The molecule has 1 aromatic heterocycles. The third-order valence-electron chi connectivity index (χ3n) is 4.82. The van der Waals surface area contributed by atoms with Gasteiger partial charge >= 0.3 is 12.3 Å². The van der Waals surface area contributed by atoms with Crippen LogP contribution in [0.3, 0.4) is 0 Å². The number of amides is 1. The summed E-state index contributed by atoms with van der Waals surface area (Å²) in [4.78, 5) is 29.1. The van der Waals surface area contributed by atoms with E-state index < -0.39 is 28.2 Å². The number of sulfonamides is 1. The molecular formula is C22H18F2N4O5S. The van der Waals surface area contributed by atoms with Crippen molar-refractivity contribution in [2.45, 2.75) is 18.1 Å². The third-order valence-corrected chi connectivity index (χ3v) is 6.18. The van der Waals surface area contributed by atoms with Crippen LogP contribution in [0.25, 0.3) is 11.0 Å². The number of carbonyl (C=O) groups is 1. The van der Waals surface area contributed by atoms with E-state index in [1.807, 2.05) is 0 Å². The summed E-state index contributed by atoms with van der Waals surface area (Å²) in [6.45, 7) is -2.86. The zero-order chi connectivity index (χ0) is 24.3. The lowest BCUT2D eigenvalue weighted by Crippen LogP contribution is -2.25. The second-order valence-corrected chi connectivity index (χ2v) is 8.83. The molecule has 34 heavy (non-hydrogen) atoms. The summed E-state index contributed by atoms with van der Waals surface area (Å²) in [7, 11) is -4.07. The number of rotatable bonds is 8. The van der Waals surface area contributed by atoms with Gasteiger partial charge in [-0.1, -0.05) is 24.3 Å². The molecule has 176 valence electrons. The molecule has 0 bridgehead atoms.